The number of nitrogens with two attached hydrogens (primary N) is 1. The topological polar surface area (TPSA) is 82.0 Å². The molecule has 76 valence electrons. The fourth-order valence-corrected chi connectivity index (χ4v) is 1.18. The fourth-order valence-electron chi connectivity index (χ4n) is 1.18. The smallest absolute Gasteiger partial charge is 0.240 e. The molecule has 1 heterocycles. The van der Waals surface area contributed by atoms with Crippen molar-refractivity contribution >= 4 is 5.78 Å². The predicted octanol–water partition coefficient (Wildman–Crippen LogP) is 0.867. The van der Waals surface area contributed by atoms with Crippen LogP contribution in [0, 0.1) is 0 Å². The normalized spacial score (nSPS) is 18.1. The Balaban J connectivity index is 2.11. The highest BCUT2D eigenvalue weighted by Crippen LogP contribution is 2.38. The van der Waals surface area contributed by atoms with Crippen LogP contribution in [0.3, 0.4) is 0 Å². The lowest BCUT2D eigenvalue weighted by molar-refractivity contribution is 0.0946. The van der Waals surface area contributed by atoms with Crippen LogP contribution >= 0.6 is 0 Å². The van der Waals surface area contributed by atoms with Gasteiger partial charge in [0.1, 0.15) is 0 Å². The van der Waals surface area contributed by atoms with Gasteiger partial charge in [-0.3, -0.25) is 4.79 Å². The third-order valence-corrected chi connectivity index (χ3v) is 2.37. The molecule has 1 aromatic rings. The first-order valence-corrected chi connectivity index (χ1v) is 4.85. The van der Waals surface area contributed by atoms with Gasteiger partial charge in [-0.1, -0.05) is 12.1 Å². The van der Waals surface area contributed by atoms with E-state index in [0.717, 1.165) is 12.8 Å². The molecule has 0 unspecified atom stereocenters. The summed E-state index contributed by atoms with van der Waals surface area (Å²) in [5, 5.41) is 3.63. The molecule has 1 aliphatic rings. The number of hydrogen-bond acceptors (Lipinski definition) is 5. The number of rotatable bonds is 4. The second-order valence-corrected chi connectivity index (χ2v) is 3.61. The minimum atomic E-state index is -0.514. The monoisotopic (exact) mass is 195 g/mol. The molecule has 1 fully saturated rings. The summed E-state index contributed by atoms with van der Waals surface area (Å²) in [4.78, 5) is 15.6. The molecule has 1 atom stereocenters. The first kappa shape index (κ1) is 9.33. The first-order chi connectivity index (χ1) is 6.72. The summed E-state index contributed by atoms with van der Waals surface area (Å²) in [5.41, 5.74) is 5.58. The Labute approximate surface area is 81.7 Å². The molecule has 1 aromatic heterocycles. The molecule has 5 nitrogen and oxygen atoms in total. The van der Waals surface area contributed by atoms with Crippen molar-refractivity contribution in [3.05, 3.63) is 11.7 Å². The summed E-state index contributed by atoms with van der Waals surface area (Å²) in [6.07, 6.45) is 2.75. The molecule has 1 aliphatic carbocycles. The molecule has 0 bridgehead atoms. The van der Waals surface area contributed by atoms with Crippen molar-refractivity contribution in [2.45, 2.75) is 38.1 Å². The van der Waals surface area contributed by atoms with Crippen LogP contribution in [0.1, 0.15) is 48.6 Å². The summed E-state index contributed by atoms with van der Waals surface area (Å²) in [6, 6.07) is -0.514. The number of carbonyl (C=O) groups excluding carboxylic acids is 1. The van der Waals surface area contributed by atoms with E-state index >= 15 is 0 Å². The van der Waals surface area contributed by atoms with E-state index in [1.807, 2.05) is 6.92 Å². The maximum Gasteiger partial charge on any atom is 0.240 e. The van der Waals surface area contributed by atoms with Gasteiger partial charge in [0.05, 0.1) is 6.04 Å². The van der Waals surface area contributed by atoms with Crippen LogP contribution in [0.25, 0.3) is 0 Å². The zero-order valence-corrected chi connectivity index (χ0v) is 8.06. The molecule has 0 amide bonds. The van der Waals surface area contributed by atoms with Crippen LogP contribution in [-0.2, 0) is 0 Å². The van der Waals surface area contributed by atoms with Crippen LogP contribution in [0.4, 0.5) is 0 Å². The Kier molecular flexibility index (Phi) is 2.33. The average molecular weight is 195 g/mol. The molecule has 1 saturated carbocycles. The summed E-state index contributed by atoms with van der Waals surface area (Å²) in [7, 11) is 0. The van der Waals surface area contributed by atoms with Gasteiger partial charge in [0, 0.05) is 5.92 Å². The zero-order valence-electron chi connectivity index (χ0n) is 8.06. The minimum absolute atomic E-state index is 0.126. The summed E-state index contributed by atoms with van der Waals surface area (Å²) >= 11 is 0. The fraction of sp³-hybridized carbons (Fsp3) is 0.667. The standard InChI is InChI=1S/C9H13N3O2/c1-2-6(10)7(13)8-11-9(14-12-8)5-3-4-5/h5-6H,2-4,10H2,1H3/t6-/m0/s1. The number of hydrogen-bond donors (Lipinski definition) is 1. The van der Waals surface area contributed by atoms with E-state index in [1.165, 1.54) is 0 Å². The van der Waals surface area contributed by atoms with Crippen molar-refractivity contribution in [3.63, 3.8) is 0 Å². The van der Waals surface area contributed by atoms with Gasteiger partial charge in [-0.2, -0.15) is 4.98 Å². The molecule has 0 aromatic carbocycles. The van der Waals surface area contributed by atoms with Crippen molar-refractivity contribution in [1.29, 1.82) is 0 Å². The van der Waals surface area contributed by atoms with Crippen molar-refractivity contribution < 1.29 is 9.32 Å². The number of nitrogens with zero attached hydrogens (tertiary/aromatic N) is 2. The predicted molar refractivity (Wildman–Crippen MR) is 48.9 cm³/mol. The van der Waals surface area contributed by atoms with Crippen LogP contribution in [0.2, 0.25) is 0 Å². The first-order valence-electron chi connectivity index (χ1n) is 4.85. The van der Waals surface area contributed by atoms with Gasteiger partial charge in [0.15, 0.2) is 0 Å². The lowest BCUT2D eigenvalue weighted by atomic mass is 10.1. The molecule has 2 rings (SSSR count). The van der Waals surface area contributed by atoms with Gasteiger partial charge in [-0.15, -0.1) is 0 Å². The van der Waals surface area contributed by atoms with Gasteiger partial charge in [0.2, 0.25) is 17.5 Å². The average Bonchev–Trinajstić information content (AvgIpc) is 2.94. The summed E-state index contributed by atoms with van der Waals surface area (Å²) < 4.78 is 4.97. The number of Topliss-reactive ketones (excluding diaryl/α,β-unsaturated/α-hetero) is 1. The van der Waals surface area contributed by atoms with Gasteiger partial charge < -0.3 is 10.3 Å². The van der Waals surface area contributed by atoms with E-state index in [9.17, 15) is 4.79 Å². The van der Waals surface area contributed by atoms with Crippen molar-refractivity contribution in [2.24, 2.45) is 5.73 Å². The van der Waals surface area contributed by atoms with E-state index in [1.54, 1.807) is 0 Å². The van der Waals surface area contributed by atoms with Crippen molar-refractivity contribution in [3.8, 4) is 0 Å². The van der Waals surface area contributed by atoms with Gasteiger partial charge in [0.25, 0.3) is 0 Å². The van der Waals surface area contributed by atoms with E-state index < -0.39 is 6.04 Å². The summed E-state index contributed by atoms with van der Waals surface area (Å²) in [5.74, 6) is 0.850. The Morgan fingerprint density at radius 3 is 3.00 bits per heavy atom. The third-order valence-electron chi connectivity index (χ3n) is 2.37. The highest BCUT2D eigenvalue weighted by molar-refractivity contribution is 5.96. The van der Waals surface area contributed by atoms with Crippen LogP contribution in [0.5, 0.6) is 0 Å². The molecule has 0 spiro atoms. The highest BCUT2D eigenvalue weighted by atomic mass is 16.5. The number of ketones is 1. The second-order valence-electron chi connectivity index (χ2n) is 3.61. The van der Waals surface area contributed by atoms with Crippen LogP contribution < -0.4 is 5.73 Å². The molecule has 0 radical (unpaired) electrons. The van der Waals surface area contributed by atoms with E-state index in [-0.39, 0.29) is 11.6 Å². The Morgan fingerprint density at radius 2 is 2.43 bits per heavy atom. The van der Waals surface area contributed by atoms with E-state index in [4.69, 9.17) is 10.3 Å². The number of carbonyl (C=O) groups is 1. The second kappa shape index (κ2) is 3.49. The molecule has 0 saturated heterocycles. The van der Waals surface area contributed by atoms with Crippen molar-refractivity contribution in [2.75, 3.05) is 0 Å². The Morgan fingerprint density at radius 1 is 1.71 bits per heavy atom. The van der Waals surface area contributed by atoms with E-state index in [2.05, 4.69) is 10.1 Å². The van der Waals surface area contributed by atoms with Gasteiger partial charge in [-0.05, 0) is 19.3 Å². The molecule has 0 aliphatic heterocycles. The quantitative estimate of drug-likeness (QED) is 0.721. The van der Waals surface area contributed by atoms with Crippen LogP contribution in [-0.4, -0.2) is 22.0 Å². The molecule has 14 heavy (non-hydrogen) atoms. The minimum Gasteiger partial charge on any atom is -0.339 e. The molecule has 5 heteroatoms. The van der Waals surface area contributed by atoms with Gasteiger partial charge >= 0.3 is 0 Å². The maximum absolute atomic E-state index is 11.5. The Hall–Kier alpha value is -1.23. The lowest BCUT2D eigenvalue weighted by Gasteiger charge is -2.01. The highest BCUT2D eigenvalue weighted by Gasteiger charge is 2.31. The zero-order chi connectivity index (χ0) is 10.1. The summed E-state index contributed by atoms with van der Waals surface area (Å²) in [6.45, 7) is 1.85. The molecular weight excluding hydrogens is 182 g/mol. The number of aromatic nitrogens is 2. The SMILES string of the molecule is CC[C@H](N)C(=O)c1noc(C2CC2)n1. The Bertz CT molecular complexity index is 344. The maximum atomic E-state index is 11.5. The third kappa shape index (κ3) is 1.68. The van der Waals surface area contributed by atoms with Crippen molar-refractivity contribution in [1.82, 2.24) is 10.1 Å². The lowest BCUT2D eigenvalue weighted by Crippen LogP contribution is -2.30. The molecular formula is C9H13N3O2. The van der Waals surface area contributed by atoms with Crippen LogP contribution in [0.15, 0.2) is 4.52 Å². The molecule has 2 N–H and O–H groups in total. The van der Waals surface area contributed by atoms with E-state index in [0.29, 0.717) is 18.2 Å². The largest absolute Gasteiger partial charge is 0.339 e. The van der Waals surface area contributed by atoms with Gasteiger partial charge in [-0.25, -0.2) is 0 Å².